The third kappa shape index (κ3) is 3.03. The van der Waals surface area contributed by atoms with Gasteiger partial charge in [0, 0.05) is 6.61 Å². The van der Waals surface area contributed by atoms with Crippen molar-refractivity contribution in [3.63, 3.8) is 0 Å². The third-order valence-electron chi connectivity index (χ3n) is 13.7. The van der Waals surface area contributed by atoms with Crippen molar-refractivity contribution >= 4 is 0 Å². The van der Waals surface area contributed by atoms with E-state index in [1.54, 1.807) is 0 Å². The number of aliphatic hydroxyl groups is 3. The quantitative estimate of drug-likeness (QED) is 0.437. The second-order valence-corrected chi connectivity index (χ2v) is 15.7. The summed E-state index contributed by atoms with van der Waals surface area (Å²) < 4.78 is 0. The van der Waals surface area contributed by atoms with Gasteiger partial charge >= 0.3 is 0 Å². The van der Waals surface area contributed by atoms with Gasteiger partial charge in [0.1, 0.15) is 0 Å². The van der Waals surface area contributed by atoms with E-state index in [1.807, 2.05) is 0 Å². The van der Waals surface area contributed by atoms with E-state index in [2.05, 4.69) is 48.5 Å². The average Bonchev–Trinajstić information content (AvgIpc) is 2.72. The van der Waals surface area contributed by atoms with Crippen LogP contribution in [0.15, 0.2) is 0 Å². The van der Waals surface area contributed by atoms with Crippen LogP contribution in [-0.2, 0) is 0 Å². The van der Waals surface area contributed by atoms with E-state index in [-0.39, 0.29) is 39.3 Å². The summed E-state index contributed by atoms with van der Waals surface area (Å²) in [5.41, 5.74) is 0.767. The van der Waals surface area contributed by atoms with Crippen LogP contribution in [-0.4, -0.2) is 34.1 Å². The molecule has 5 aliphatic carbocycles. The molecule has 5 rings (SSSR count). The van der Waals surface area contributed by atoms with E-state index in [4.69, 9.17) is 0 Å². The molecule has 33 heavy (non-hydrogen) atoms. The van der Waals surface area contributed by atoms with Crippen LogP contribution in [0.1, 0.15) is 113 Å². The zero-order valence-electron chi connectivity index (χ0n) is 22.6. The summed E-state index contributed by atoms with van der Waals surface area (Å²) >= 11 is 0. The molecule has 0 aliphatic heterocycles. The van der Waals surface area contributed by atoms with E-state index in [9.17, 15) is 15.3 Å². The lowest BCUT2D eigenvalue weighted by Crippen LogP contribution is -2.70. The van der Waals surface area contributed by atoms with Crippen molar-refractivity contribution in [2.24, 2.45) is 56.2 Å². The van der Waals surface area contributed by atoms with Crippen LogP contribution in [0.2, 0.25) is 0 Å². The molecule has 5 aliphatic rings. The average molecular weight is 461 g/mol. The van der Waals surface area contributed by atoms with Gasteiger partial charge in [0.05, 0.1) is 12.2 Å². The Morgan fingerprint density at radius 3 is 2.06 bits per heavy atom. The van der Waals surface area contributed by atoms with Gasteiger partial charge in [0.15, 0.2) is 0 Å². The SMILES string of the molecule is CC1(C)CC[C@]2(CO)CC[C@]3(C)[C@H]([C@@H](O)C[C@@H]4[C@@]5(C)CC[C@H](O)C(C)(C)[C@@H]5CC[C@]43C)[C@@H]2C1. The maximum absolute atomic E-state index is 12.0. The van der Waals surface area contributed by atoms with Gasteiger partial charge in [-0.05, 0) is 120 Å². The lowest BCUT2D eigenvalue weighted by atomic mass is 9.31. The molecule has 3 nitrogen and oxygen atoms in total. The van der Waals surface area contributed by atoms with Crippen molar-refractivity contribution in [2.75, 3.05) is 6.61 Å². The predicted molar refractivity (Wildman–Crippen MR) is 134 cm³/mol. The first-order valence-electron chi connectivity index (χ1n) is 14.1. The topological polar surface area (TPSA) is 60.7 Å². The minimum atomic E-state index is -0.274. The first-order chi connectivity index (χ1) is 15.2. The van der Waals surface area contributed by atoms with E-state index in [0.29, 0.717) is 35.7 Å². The van der Waals surface area contributed by atoms with Gasteiger partial charge in [-0.15, -0.1) is 0 Å². The van der Waals surface area contributed by atoms with Crippen molar-refractivity contribution in [3.05, 3.63) is 0 Å². The molecule has 0 bridgehead atoms. The first-order valence-corrected chi connectivity index (χ1v) is 14.1. The van der Waals surface area contributed by atoms with Crippen molar-refractivity contribution in [1.82, 2.24) is 0 Å². The number of fused-ring (bicyclic) bond motifs is 7. The standard InChI is InChI=1S/C30H52O3/c1-25(2)12-14-30(18-31)15-13-29(7)24(19(30)17-25)20(32)16-22-27(5)10-9-23(33)26(3,4)21(27)8-11-28(22,29)6/h19-24,31-33H,8-18H2,1-7H3/t19-,20-,21-,22+,23-,24-,27-,28+,29+,30+/m0/s1. The highest BCUT2D eigenvalue weighted by Gasteiger charge is 2.71. The number of rotatable bonds is 1. The van der Waals surface area contributed by atoms with Crippen molar-refractivity contribution < 1.29 is 15.3 Å². The van der Waals surface area contributed by atoms with Gasteiger partial charge < -0.3 is 15.3 Å². The Labute approximate surface area is 203 Å². The van der Waals surface area contributed by atoms with E-state index in [0.717, 1.165) is 44.9 Å². The zero-order chi connectivity index (χ0) is 24.2. The maximum atomic E-state index is 12.0. The Hall–Kier alpha value is -0.120. The minimum Gasteiger partial charge on any atom is -0.396 e. The zero-order valence-corrected chi connectivity index (χ0v) is 22.6. The molecule has 3 N–H and O–H groups in total. The molecular formula is C30H52O3. The normalized spacial score (nSPS) is 57.3. The van der Waals surface area contributed by atoms with Crippen LogP contribution >= 0.6 is 0 Å². The Kier molecular flexibility index (Phi) is 5.38. The minimum absolute atomic E-state index is 0.0158. The molecule has 10 atom stereocenters. The highest BCUT2D eigenvalue weighted by atomic mass is 16.3. The van der Waals surface area contributed by atoms with Gasteiger partial charge in [-0.25, -0.2) is 0 Å². The van der Waals surface area contributed by atoms with E-state index < -0.39 is 0 Å². The molecular weight excluding hydrogens is 408 g/mol. The fourth-order valence-electron chi connectivity index (χ4n) is 11.4. The fraction of sp³-hybridized carbons (Fsp3) is 1.00. The molecule has 190 valence electrons. The smallest absolute Gasteiger partial charge is 0.0594 e. The second-order valence-electron chi connectivity index (χ2n) is 15.7. The van der Waals surface area contributed by atoms with Crippen LogP contribution in [0.3, 0.4) is 0 Å². The Balaban J connectivity index is 1.57. The Morgan fingerprint density at radius 1 is 0.727 bits per heavy atom. The second kappa shape index (κ2) is 7.22. The Morgan fingerprint density at radius 2 is 1.39 bits per heavy atom. The van der Waals surface area contributed by atoms with E-state index >= 15 is 0 Å². The van der Waals surface area contributed by atoms with Crippen LogP contribution in [0.5, 0.6) is 0 Å². The van der Waals surface area contributed by atoms with Crippen LogP contribution in [0, 0.1) is 56.2 Å². The van der Waals surface area contributed by atoms with E-state index in [1.165, 1.54) is 19.3 Å². The summed E-state index contributed by atoms with van der Waals surface area (Å²) in [6.07, 6.45) is 10.6. The maximum Gasteiger partial charge on any atom is 0.0594 e. The fourth-order valence-corrected chi connectivity index (χ4v) is 11.4. The summed E-state index contributed by atoms with van der Waals surface area (Å²) in [4.78, 5) is 0. The Bertz CT molecular complexity index is 789. The summed E-state index contributed by atoms with van der Waals surface area (Å²) in [5, 5.41) is 33.6. The molecule has 0 amide bonds. The lowest BCUT2D eigenvalue weighted by molar-refractivity contribution is -0.281. The van der Waals surface area contributed by atoms with Gasteiger partial charge in [0.2, 0.25) is 0 Å². The predicted octanol–water partition coefficient (Wildman–Crippen LogP) is 6.19. The van der Waals surface area contributed by atoms with Crippen molar-refractivity contribution in [1.29, 1.82) is 0 Å². The summed E-state index contributed by atoms with van der Waals surface area (Å²) in [6, 6.07) is 0. The third-order valence-corrected chi connectivity index (χ3v) is 13.7. The molecule has 0 saturated heterocycles. The molecule has 0 unspecified atom stereocenters. The van der Waals surface area contributed by atoms with Gasteiger partial charge in [-0.2, -0.15) is 0 Å². The number of hydrogen-bond donors (Lipinski definition) is 3. The molecule has 5 fully saturated rings. The lowest BCUT2D eigenvalue weighted by Gasteiger charge is -2.74. The van der Waals surface area contributed by atoms with Gasteiger partial charge in [-0.3, -0.25) is 0 Å². The highest BCUT2D eigenvalue weighted by molar-refractivity contribution is 5.20. The number of aliphatic hydroxyl groups excluding tert-OH is 3. The van der Waals surface area contributed by atoms with Crippen molar-refractivity contribution in [2.45, 2.75) is 125 Å². The molecule has 0 spiro atoms. The number of hydrogen-bond acceptors (Lipinski definition) is 3. The summed E-state index contributed by atoms with van der Waals surface area (Å²) in [5.74, 6) is 1.74. The molecule has 5 saturated carbocycles. The molecule has 0 radical (unpaired) electrons. The van der Waals surface area contributed by atoms with Gasteiger partial charge in [0.25, 0.3) is 0 Å². The molecule has 0 aromatic heterocycles. The first kappa shape index (κ1) is 24.6. The molecule has 0 aromatic carbocycles. The van der Waals surface area contributed by atoms with Crippen molar-refractivity contribution in [3.8, 4) is 0 Å². The van der Waals surface area contributed by atoms with Gasteiger partial charge in [-0.1, -0.05) is 48.5 Å². The molecule has 0 heterocycles. The van der Waals surface area contributed by atoms with Crippen LogP contribution in [0.4, 0.5) is 0 Å². The molecule has 3 heteroatoms. The van der Waals surface area contributed by atoms with Crippen LogP contribution < -0.4 is 0 Å². The molecule has 0 aromatic rings. The summed E-state index contributed by atoms with van der Waals surface area (Å²) in [6.45, 7) is 17.4. The monoisotopic (exact) mass is 460 g/mol. The highest BCUT2D eigenvalue weighted by Crippen LogP contribution is 2.76. The summed E-state index contributed by atoms with van der Waals surface area (Å²) in [7, 11) is 0. The largest absolute Gasteiger partial charge is 0.396 e. The van der Waals surface area contributed by atoms with Crippen LogP contribution in [0.25, 0.3) is 0 Å².